The Hall–Kier alpha value is -2.08. The molecule has 0 spiro atoms. The topological polar surface area (TPSA) is 76.7 Å². The lowest BCUT2D eigenvalue weighted by molar-refractivity contribution is 0.962. The molecule has 0 fully saturated rings. The SMILES string of the molecule is Cc1ccc(Nc2nnc(C)c(C)c2C(N)=S)cn1. The first-order valence-electron chi connectivity index (χ1n) is 5.82. The summed E-state index contributed by atoms with van der Waals surface area (Å²) in [6.45, 7) is 5.73. The van der Waals surface area contributed by atoms with Crippen LogP contribution >= 0.6 is 12.2 Å². The number of nitrogens with zero attached hydrogens (tertiary/aromatic N) is 3. The van der Waals surface area contributed by atoms with Crippen LogP contribution in [0.25, 0.3) is 0 Å². The molecule has 0 saturated heterocycles. The van der Waals surface area contributed by atoms with Gasteiger partial charge in [0.1, 0.15) is 4.99 Å². The van der Waals surface area contributed by atoms with Gasteiger partial charge < -0.3 is 11.1 Å². The quantitative estimate of drug-likeness (QED) is 0.835. The smallest absolute Gasteiger partial charge is 0.163 e. The zero-order valence-electron chi connectivity index (χ0n) is 11.1. The van der Waals surface area contributed by atoms with Gasteiger partial charge in [-0.15, -0.1) is 5.10 Å². The first-order chi connectivity index (χ1) is 8.99. The number of rotatable bonds is 3. The second-order valence-corrected chi connectivity index (χ2v) is 4.75. The minimum absolute atomic E-state index is 0.304. The number of hydrogen-bond donors (Lipinski definition) is 2. The third-order valence-electron chi connectivity index (χ3n) is 2.88. The third-order valence-corrected chi connectivity index (χ3v) is 3.08. The average Bonchev–Trinajstić information content (AvgIpc) is 2.36. The Morgan fingerprint density at radius 1 is 1.21 bits per heavy atom. The molecule has 2 rings (SSSR count). The minimum Gasteiger partial charge on any atom is -0.389 e. The summed E-state index contributed by atoms with van der Waals surface area (Å²) >= 11 is 5.09. The molecule has 98 valence electrons. The fraction of sp³-hybridized carbons (Fsp3) is 0.231. The Balaban J connectivity index is 2.42. The maximum atomic E-state index is 5.77. The van der Waals surface area contributed by atoms with Gasteiger partial charge in [0.2, 0.25) is 0 Å². The molecule has 0 unspecified atom stereocenters. The van der Waals surface area contributed by atoms with Gasteiger partial charge in [-0.05, 0) is 38.5 Å². The molecule has 0 aliphatic carbocycles. The summed E-state index contributed by atoms with van der Waals surface area (Å²) in [5.41, 5.74) is 10.0. The molecule has 2 heterocycles. The van der Waals surface area contributed by atoms with Crippen LogP contribution in [0.3, 0.4) is 0 Å². The number of thiocarbonyl (C=S) groups is 1. The largest absolute Gasteiger partial charge is 0.389 e. The van der Waals surface area contributed by atoms with Crippen LogP contribution < -0.4 is 11.1 Å². The van der Waals surface area contributed by atoms with Crippen molar-refractivity contribution in [3.05, 3.63) is 40.8 Å². The summed E-state index contributed by atoms with van der Waals surface area (Å²) in [6.07, 6.45) is 1.73. The second kappa shape index (κ2) is 5.27. The van der Waals surface area contributed by atoms with Crippen molar-refractivity contribution in [2.75, 3.05) is 5.32 Å². The number of nitrogens with two attached hydrogens (primary N) is 1. The number of pyridine rings is 1. The van der Waals surface area contributed by atoms with E-state index in [2.05, 4.69) is 20.5 Å². The van der Waals surface area contributed by atoms with Crippen LogP contribution in [0.15, 0.2) is 18.3 Å². The van der Waals surface area contributed by atoms with Crippen LogP contribution in [0.1, 0.15) is 22.5 Å². The van der Waals surface area contributed by atoms with Crippen molar-refractivity contribution >= 4 is 28.7 Å². The van der Waals surface area contributed by atoms with E-state index in [4.69, 9.17) is 18.0 Å². The molecular formula is C13H15N5S. The van der Waals surface area contributed by atoms with Crippen molar-refractivity contribution in [2.45, 2.75) is 20.8 Å². The molecule has 0 amide bonds. The van der Waals surface area contributed by atoms with E-state index in [0.29, 0.717) is 10.8 Å². The van der Waals surface area contributed by atoms with Crippen LogP contribution in [-0.2, 0) is 0 Å². The van der Waals surface area contributed by atoms with Gasteiger partial charge in [-0.25, -0.2) is 0 Å². The Labute approximate surface area is 117 Å². The molecule has 2 aromatic rings. The fourth-order valence-corrected chi connectivity index (χ4v) is 1.93. The Morgan fingerprint density at radius 3 is 2.53 bits per heavy atom. The van der Waals surface area contributed by atoms with Gasteiger partial charge in [0, 0.05) is 5.69 Å². The van der Waals surface area contributed by atoms with Gasteiger partial charge in [0.15, 0.2) is 5.82 Å². The molecule has 2 aromatic heterocycles. The molecule has 0 aromatic carbocycles. The standard InChI is InChI=1S/C13H15N5S/c1-7-4-5-10(6-15-7)16-13-11(12(14)19)8(2)9(3)17-18-13/h4-6H,1-3H3,(H2,14,19)(H,16,18). The molecule has 0 radical (unpaired) electrons. The van der Waals surface area contributed by atoms with E-state index < -0.39 is 0 Å². The van der Waals surface area contributed by atoms with Gasteiger partial charge in [-0.3, -0.25) is 4.98 Å². The predicted octanol–water partition coefficient (Wildman–Crippen LogP) is 2.17. The number of aromatic nitrogens is 3. The number of nitrogens with one attached hydrogen (secondary N) is 1. The second-order valence-electron chi connectivity index (χ2n) is 4.31. The molecule has 0 saturated carbocycles. The fourth-order valence-electron chi connectivity index (χ4n) is 1.68. The third kappa shape index (κ3) is 2.85. The van der Waals surface area contributed by atoms with Crippen LogP contribution in [-0.4, -0.2) is 20.2 Å². The Bertz CT molecular complexity index is 622. The van der Waals surface area contributed by atoms with Crippen molar-refractivity contribution in [3.63, 3.8) is 0 Å². The summed E-state index contributed by atoms with van der Waals surface area (Å²) in [7, 11) is 0. The lowest BCUT2D eigenvalue weighted by Crippen LogP contribution is -2.16. The van der Waals surface area contributed by atoms with Crippen molar-refractivity contribution in [1.82, 2.24) is 15.2 Å². The Morgan fingerprint density at radius 2 is 1.95 bits per heavy atom. The van der Waals surface area contributed by atoms with Gasteiger partial charge >= 0.3 is 0 Å². The van der Waals surface area contributed by atoms with Crippen molar-refractivity contribution < 1.29 is 0 Å². The Kier molecular flexibility index (Phi) is 3.71. The summed E-state index contributed by atoms with van der Waals surface area (Å²) in [6, 6.07) is 3.83. The van der Waals surface area contributed by atoms with Crippen LogP contribution in [0.4, 0.5) is 11.5 Å². The van der Waals surface area contributed by atoms with E-state index in [-0.39, 0.29) is 0 Å². The molecule has 0 bridgehead atoms. The highest BCUT2D eigenvalue weighted by Gasteiger charge is 2.13. The zero-order chi connectivity index (χ0) is 14.0. The van der Waals surface area contributed by atoms with E-state index in [9.17, 15) is 0 Å². The van der Waals surface area contributed by atoms with Gasteiger partial charge in [0.05, 0.1) is 23.1 Å². The molecule has 19 heavy (non-hydrogen) atoms. The van der Waals surface area contributed by atoms with Crippen LogP contribution in [0.5, 0.6) is 0 Å². The van der Waals surface area contributed by atoms with E-state index in [0.717, 1.165) is 28.2 Å². The van der Waals surface area contributed by atoms with Gasteiger partial charge in [-0.1, -0.05) is 12.2 Å². The highest BCUT2D eigenvalue weighted by molar-refractivity contribution is 7.80. The number of aryl methyl sites for hydroxylation is 2. The maximum Gasteiger partial charge on any atom is 0.163 e. The maximum absolute atomic E-state index is 5.77. The van der Waals surface area contributed by atoms with E-state index in [1.807, 2.05) is 32.9 Å². The van der Waals surface area contributed by atoms with E-state index >= 15 is 0 Å². The van der Waals surface area contributed by atoms with Crippen LogP contribution in [0.2, 0.25) is 0 Å². The zero-order valence-corrected chi connectivity index (χ0v) is 11.9. The molecular weight excluding hydrogens is 258 g/mol. The van der Waals surface area contributed by atoms with E-state index in [1.165, 1.54) is 0 Å². The highest BCUT2D eigenvalue weighted by atomic mass is 32.1. The molecule has 5 nitrogen and oxygen atoms in total. The summed E-state index contributed by atoms with van der Waals surface area (Å²) < 4.78 is 0. The van der Waals surface area contributed by atoms with Crippen molar-refractivity contribution in [1.29, 1.82) is 0 Å². The molecule has 0 aliphatic rings. The van der Waals surface area contributed by atoms with Crippen molar-refractivity contribution in [3.8, 4) is 0 Å². The number of hydrogen-bond acceptors (Lipinski definition) is 5. The lowest BCUT2D eigenvalue weighted by Gasteiger charge is -2.13. The predicted molar refractivity (Wildman–Crippen MR) is 79.7 cm³/mol. The average molecular weight is 273 g/mol. The molecule has 0 atom stereocenters. The first kappa shape index (κ1) is 13.4. The lowest BCUT2D eigenvalue weighted by atomic mass is 10.1. The monoisotopic (exact) mass is 273 g/mol. The van der Waals surface area contributed by atoms with Gasteiger partial charge in [0.25, 0.3) is 0 Å². The normalized spacial score (nSPS) is 10.3. The summed E-state index contributed by atoms with van der Waals surface area (Å²) in [5, 5.41) is 11.4. The first-order valence-corrected chi connectivity index (χ1v) is 6.23. The molecule has 0 aliphatic heterocycles. The highest BCUT2D eigenvalue weighted by Crippen LogP contribution is 2.21. The molecule has 3 N–H and O–H groups in total. The summed E-state index contributed by atoms with van der Waals surface area (Å²) in [5.74, 6) is 0.557. The minimum atomic E-state index is 0.304. The van der Waals surface area contributed by atoms with E-state index in [1.54, 1.807) is 6.20 Å². The molecule has 6 heteroatoms. The summed E-state index contributed by atoms with van der Waals surface area (Å²) in [4.78, 5) is 4.52. The van der Waals surface area contributed by atoms with Crippen LogP contribution in [0, 0.1) is 20.8 Å². The number of anilines is 2. The van der Waals surface area contributed by atoms with Gasteiger partial charge in [-0.2, -0.15) is 5.10 Å². The van der Waals surface area contributed by atoms with Crippen molar-refractivity contribution in [2.24, 2.45) is 5.73 Å².